The van der Waals surface area contributed by atoms with Crippen molar-refractivity contribution < 1.29 is 8.95 Å². The highest BCUT2D eigenvalue weighted by atomic mass is 32.2. The predicted molar refractivity (Wildman–Crippen MR) is 174 cm³/mol. The first-order chi connectivity index (χ1) is 21.3. The molecule has 0 saturated carbocycles. The van der Waals surface area contributed by atoms with Gasteiger partial charge in [-0.15, -0.1) is 0 Å². The molecule has 1 unspecified atom stereocenters. The van der Waals surface area contributed by atoms with E-state index in [1.54, 1.807) is 19.2 Å². The monoisotopic (exact) mass is 631 g/mol. The van der Waals surface area contributed by atoms with Crippen LogP contribution in [0.15, 0.2) is 69.5 Å². The van der Waals surface area contributed by atoms with Gasteiger partial charge in [-0.1, -0.05) is 12.1 Å². The van der Waals surface area contributed by atoms with Crippen molar-refractivity contribution in [2.45, 2.75) is 27.6 Å². The summed E-state index contributed by atoms with van der Waals surface area (Å²) < 4.78 is 18.9. The summed E-state index contributed by atoms with van der Waals surface area (Å²) >= 11 is 1.43. The summed E-state index contributed by atoms with van der Waals surface area (Å²) in [6.07, 6.45) is 0. The van der Waals surface area contributed by atoms with Crippen LogP contribution in [0.25, 0.3) is 0 Å². The van der Waals surface area contributed by atoms with Crippen molar-refractivity contribution in [3.63, 3.8) is 0 Å². The summed E-state index contributed by atoms with van der Waals surface area (Å²) in [5.41, 5.74) is 2.36. The van der Waals surface area contributed by atoms with Gasteiger partial charge in [-0.05, 0) is 74.7 Å². The van der Waals surface area contributed by atoms with Gasteiger partial charge >= 0.3 is 0 Å². The molecule has 11 nitrogen and oxygen atoms in total. The van der Waals surface area contributed by atoms with Crippen LogP contribution in [0.2, 0.25) is 0 Å². The third-order valence-corrected chi connectivity index (χ3v) is 9.44. The molecular weight excluding hydrogens is 595 g/mol. The van der Waals surface area contributed by atoms with Crippen LogP contribution in [-0.4, -0.2) is 94.6 Å². The van der Waals surface area contributed by atoms with E-state index in [1.165, 1.54) is 11.8 Å². The minimum absolute atomic E-state index is 0.344. The second-order valence-electron chi connectivity index (χ2n) is 10.8. The van der Waals surface area contributed by atoms with Crippen molar-refractivity contribution in [2.24, 2.45) is 0 Å². The Hall–Kier alpha value is -3.96. The minimum atomic E-state index is -1.24. The van der Waals surface area contributed by atoms with Gasteiger partial charge in [0.25, 0.3) is 0 Å². The molecule has 0 amide bonds. The standard InChI is InChI=1S/C31H37N9O2S2/c1-22-18-27(37-36-22)33-29-28(42-4)30(40-16-14-39(15-17-40)13-12-38(2)3)35-31(34-29)43-25-8-10-26(11-9-25)44(41)21-24-7-5-6-23(19-24)20-32/h5-11,18-19H,12-17,21H2,1-4H3,(H2,33,34,35,36,37). The number of benzene rings is 2. The predicted octanol–water partition coefficient (Wildman–Crippen LogP) is 4.27. The number of aromatic amines is 1. The van der Waals surface area contributed by atoms with Crippen molar-refractivity contribution >= 4 is 40.0 Å². The molecule has 1 aliphatic rings. The van der Waals surface area contributed by atoms with Gasteiger partial charge < -0.3 is 19.9 Å². The lowest BCUT2D eigenvalue weighted by molar-refractivity contribution is 0.228. The van der Waals surface area contributed by atoms with E-state index in [-0.39, 0.29) is 0 Å². The van der Waals surface area contributed by atoms with E-state index in [4.69, 9.17) is 20.0 Å². The van der Waals surface area contributed by atoms with Crippen molar-refractivity contribution in [2.75, 3.05) is 70.7 Å². The van der Waals surface area contributed by atoms with Crippen molar-refractivity contribution in [1.82, 2.24) is 30.0 Å². The first-order valence-corrected chi connectivity index (χ1v) is 16.5. The lowest BCUT2D eigenvalue weighted by atomic mass is 10.2. The molecule has 2 aromatic heterocycles. The van der Waals surface area contributed by atoms with E-state index in [1.807, 2.05) is 49.4 Å². The van der Waals surface area contributed by atoms with Crippen LogP contribution in [0.1, 0.15) is 16.8 Å². The Morgan fingerprint density at radius 1 is 1.11 bits per heavy atom. The van der Waals surface area contributed by atoms with Gasteiger partial charge in [-0.3, -0.25) is 14.2 Å². The van der Waals surface area contributed by atoms with E-state index < -0.39 is 10.8 Å². The number of H-pyrrole nitrogens is 1. The average molecular weight is 632 g/mol. The van der Waals surface area contributed by atoms with Gasteiger partial charge in [0.05, 0.1) is 35.3 Å². The maximum absolute atomic E-state index is 13.0. The number of hydrogen-bond acceptors (Lipinski definition) is 11. The van der Waals surface area contributed by atoms with E-state index >= 15 is 0 Å². The zero-order chi connectivity index (χ0) is 31.1. The third kappa shape index (κ3) is 8.15. The number of anilines is 3. The molecule has 1 fully saturated rings. The highest BCUT2D eigenvalue weighted by molar-refractivity contribution is 7.99. The molecule has 0 radical (unpaired) electrons. The average Bonchev–Trinajstić information content (AvgIpc) is 3.44. The van der Waals surface area contributed by atoms with E-state index in [9.17, 15) is 4.21 Å². The second kappa shape index (κ2) is 14.7. The molecule has 4 aromatic rings. The molecule has 0 bridgehead atoms. The number of piperazine rings is 1. The van der Waals surface area contributed by atoms with Crippen LogP contribution in [-0.2, 0) is 16.6 Å². The molecule has 1 saturated heterocycles. The maximum atomic E-state index is 13.0. The molecule has 44 heavy (non-hydrogen) atoms. The Morgan fingerprint density at radius 3 is 2.55 bits per heavy atom. The van der Waals surface area contributed by atoms with Crippen molar-refractivity contribution in [1.29, 1.82) is 5.26 Å². The van der Waals surface area contributed by atoms with E-state index in [2.05, 4.69) is 50.4 Å². The number of aromatic nitrogens is 4. The molecule has 1 atom stereocenters. The first-order valence-electron chi connectivity index (χ1n) is 14.3. The van der Waals surface area contributed by atoms with Crippen LogP contribution in [0.3, 0.4) is 0 Å². The van der Waals surface area contributed by atoms with Gasteiger partial charge in [0.1, 0.15) is 0 Å². The molecule has 0 spiro atoms. The Labute approximate surface area is 265 Å². The number of hydrogen-bond donors (Lipinski definition) is 2. The van der Waals surface area contributed by atoms with Gasteiger partial charge in [-0.25, -0.2) is 9.97 Å². The molecule has 2 N–H and O–H groups in total. The number of ether oxygens (including phenoxy) is 1. The highest BCUT2D eigenvalue weighted by Gasteiger charge is 2.25. The summed E-state index contributed by atoms with van der Waals surface area (Å²) in [4.78, 5) is 18.4. The van der Waals surface area contributed by atoms with Crippen LogP contribution >= 0.6 is 11.8 Å². The van der Waals surface area contributed by atoms with Crippen molar-refractivity contribution in [3.8, 4) is 11.8 Å². The first kappa shape index (κ1) is 31.5. The Bertz CT molecular complexity index is 1630. The Balaban J connectivity index is 1.36. The SMILES string of the molecule is COc1c(Nc2cc(C)[nH]n2)nc(Sc2ccc(S(=O)Cc3cccc(C#N)c3)cc2)nc1N1CCN(CCN(C)C)CC1. The fourth-order valence-corrected chi connectivity index (χ4v) is 6.65. The summed E-state index contributed by atoms with van der Waals surface area (Å²) in [6, 6.07) is 18.9. The van der Waals surface area contributed by atoms with Crippen LogP contribution in [0.4, 0.5) is 17.5 Å². The fraction of sp³-hybridized carbons (Fsp3) is 0.355. The molecule has 230 valence electrons. The van der Waals surface area contributed by atoms with Crippen molar-refractivity contribution in [3.05, 3.63) is 71.4 Å². The maximum Gasteiger partial charge on any atom is 0.204 e. The summed E-state index contributed by atoms with van der Waals surface area (Å²) in [6.45, 7) is 7.51. The van der Waals surface area contributed by atoms with Gasteiger partial charge in [0.15, 0.2) is 22.6 Å². The molecule has 0 aliphatic carbocycles. The topological polar surface area (TPSA) is 126 Å². The largest absolute Gasteiger partial charge is 0.490 e. The Kier molecular flexibility index (Phi) is 10.5. The zero-order valence-electron chi connectivity index (χ0n) is 25.4. The highest BCUT2D eigenvalue weighted by Crippen LogP contribution is 2.38. The third-order valence-electron chi connectivity index (χ3n) is 7.17. The molecular formula is C31H37N9O2S2. The summed E-state index contributed by atoms with van der Waals surface area (Å²) in [5.74, 6) is 2.84. The number of nitrogens with one attached hydrogen (secondary N) is 2. The lowest BCUT2D eigenvalue weighted by Crippen LogP contribution is -2.48. The Morgan fingerprint density at radius 2 is 1.89 bits per heavy atom. The zero-order valence-corrected chi connectivity index (χ0v) is 27.0. The van der Waals surface area contributed by atoms with E-state index in [0.29, 0.717) is 33.9 Å². The smallest absolute Gasteiger partial charge is 0.204 e. The summed E-state index contributed by atoms with van der Waals surface area (Å²) in [7, 11) is 4.59. The van der Waals surface area contributed by atoms with Gasteiger partial charge in [0.2, 0.25) is 5.75 Å². The van der Waals surface area contributed by atoms with Crippen LogP contribution in [0, 0.1) is 18.3 Å². The number of aryl methyl sites for hydroxylation is 1. The lowest BCUT2D eigenvalue weighted by Gasteiger charge is -2.36. The molecule has 3 heterocycles. The normalized spacial score (nSPS) is 14.4. The number of methoxy groups -OCH3 is 1. The van der Waals surface area contributed by atoms with Crippen LogP contribution < -0.4 is 15.0 Å². The number of rotatable bonds is 12. The van der Waals surface area contributed by atoms with E-state index in [0.717, 1.165) is 66.1 Å². The summed E-state index contributed by atoms with van der Waals surface area (Å²) in [5, 5.41) is 20.3. The number of nitriles is 1. The second-order valence-corrected chi connectivity index (χ2v) is 13.3. The molecule has 13 heteroatoms. The molecule has 5 rings (SSSR count). The van der Waals surface area contributed by atoms with Gasteiger partial charge in [-0.2, -0.15) is 10.4 Å². The minimum Gasteiger partial charge on any atom is -0.490 e. The molecule has 1 aliphatic heterocycles. The van der Waals surface area contributed by atoms with Gasteiger partial charge in [0, 0.05) is 60.8 Å². The fourth-order valence-electron chi connectivity index (χ4n) is 4.81. The van der Waals surface area contributed by atoms with Crippen LogP contribution in [0.5, 0.6) is 5.75 Å². The molecule has 2 aromatic carbocycles. The number of nitrogens with zero attached hydrogens (tertiary/aromatic N) is 7. The number of likely N-dealkylation sites (N-methyl/N-ethyl adjacent to an activating group) is 1. The quantitative estimate of drug-likeness (QED) is 0.218.